The Balaban J connectivity index is 5.22. The van der Waals surface area contributed by atoms with E-state index in [0.29, 0.717) is 0 Å². The van der Waals surface area contributed by atoms with Gasteiger partial charge in [-0.2, -0.15) is 0 Å². The van der Waals surface area contributed by atoms with Gasteiger partial charge in [0.2, 0.25) is 0 Å². The Bertz CT molecular complexity index is 159. The van der Waals surface area contributed by atoms with E-state index in [1.807, 2.05) is 0 Å². The zero-order valence-electron chi connectivity index (χ0n) is 5.48. The summed E-state index contributed by atoms with van der Waals surface area (Å²) in [5.41, 5.74) is 0. The average molecular weight is 768 g/mol. The van der Waals surface area contributed by atoms with Crippen molar-refractivity contribution in [3.8, 4) is 0 Å². The van der Waals surface area contributed by atoms with Gasteiger partial charge < -0.3 is 0 Å². The van der Waals surface area contributed by atoms with Crippen molar-refractivity contribution in [2.45, 2.75) is 12.3 Å². The van der Waals surface area contributed by atoms with Crippen molar-refractivity contribution < 1.29 is 0 Å². The van der Waals surface area contributed by atoms with Gasteiger partial charge in [-0.25, -0.2) is 0 Å². The lowest BCUT2D eigenvalue weighted by molar-refractivity contribution is 0.771. The van der Waals surface area contributed by atoms with Crippen LogP contribution in [0.5, 0.6) is 0 Å². The second-order valence-electron chi connectivity index (χ2n) is 2.01. The Labute approximate surface area is 153 Å². The van der Waals surface area contributed by atoms with Gasteiger partial charge in [0.05, 0.1) is 3.74 Å². The average Bonchev–Trinajstić information content (AvgIpc) is 1.80. The van der Waals surface area contributed by atoms with Crippen LogP contribution in [-0.2, 0) is 0 Å². The molecule has 0 saturated heterocycles. The predicted octanol–water partition coefficient (Wildman–Crippen LogP) is 6.91. The molecular formula is C4HBr9. The summed E-state index contributed by atoms with van der Waals surface area (Å²) < 4.78 is -1.54. The molecule has 0 unspecified atom stereocenters. The van der Waals surface area contributed by atoms with Gasteiger partial charge in [0, 0.05) is 0 Å². The van der Waals surface area contributed by atoms with E-state index >= 15 is 0 Å². The first-order valence-corrected chi connectivity index (χ1v) is 9.93. The summed E-state index contributed by atoms with van der Waals surface area (Å²) in [6.07, 6.45) is 0. The first-order chi connectivity index (χ1) is 5.44. The smallest absolute Gasteiger partial charge is 0.0762 e. The van der Waals surface area contributed by atoms with Crippen LogP contribution in [0.2, 0.25) is 0 Å². The second kappa shape index (κ2) is 5.97. The highest BCUT2D eigenvalue weighted by molar-refractivity contribution is 9.42. The van der Waals surface area contributed by atoms with Gasteiger partial charge in [-0.15, -0.1) is 0 Å². The molecule has 0 spiro atoms. The largest absolute Gasteiger partial charge is 0.155 e. The van der Waals surface area contributed by atoms with Crippen molar-refractivity contribution in [1.29, 1.82) is 0 Å². The van der Waals surface area contributed by atoms with Gasteiger partial charge in [-0.1, -0.05) is 143 Å². The molecule has 0 aliphatic rings. The molecule has 0 heterocycles. The van der Waals surface area contributed by atoms with Crippen LogP contribution >= 0.6 is 143 Å². The van der Waals surface area contributed by atoms with E-state index < -0.39 is 8.61 Å². The van der Waals surface area contributed by atoms with Gasteiger partial charge in [0.15, 0.2) is 4.29 Å². The van der Waals surface area contributed by atoms with Crippen LogP contribution in [0, 0.1) is 0 Å². The first kappa shape index (κ1) is 17.3. The first-order valence-electron chi connectivity index (χ1n) is 2.55. The quantitative estimate of drug-likeness (QED) is 0.255. The standard InChI is InChI=1S/C4HBr9/c5-1(6)2(7,3(8,9)10)4(11,12)13/h1H. The van der Waals surface area contributed by atoms with Crippen LogP contribution in [-0.4, -0.2) is 12.3 Å². The van der Waals surface area contributed by atoms with Gasteiger partial charge in [0.1, 0.15) is 4.32 Å². The molecule has 0 rings (SSSR count). The minimum atomic E-state index is -0.520. The molecule has 0 nitrogen and oxygen atoms in total. The van der Waals surface area contributed by atoms with Crippen molar-refractivity contribution >= 4 is 143 Å². The molecule has 9 heteroatoms. The van der Waals surface area contributed by atoms with Crippen LogP contribution in [0.25, 0.3) is 0 Å². The molecule has 0 saturated carbocycles. The Morgan fingerprint density at radius 2 is 0.846 bits per heavy atom. The van der Waals surface area contributed by atoms with E-state index in [0.717, 1.165) is 0 Å². The van der Waals surface area contributed by atoms with E-state index in [1.54, 1.807) is 0 Å². The highest BCUT2D eigenvalue weighted by atomic mass is 80.0. The number of hydrogen-bond acceptors (Lipinski definition) is 0. The lowest BCUT2D eigenvalue weighted by atomic mass is 10.3. The van der Waals surface area contributed by atoms with Crippen molar-refractivity contribution in [2.75, 3.05) is 0 Å². The molecule has 0 radical (unpaired) electrons. The molecule has 80 valence electrons. The number of rotatable bonds is 1. The van der Waals surface area contributed by atoms with Crippen molar-refractivity contribution in [3.63, 3.8) is 0 Å². The molecule has 0 N–H and O–H groups in total. The number of hydrogen-bond donors (Lipinski definition) is 0. The van der Waals surface area contributed by atoms with E-state index in [-0.39, 0.29) is 3.74 Å². The minimum Gasteiger partial charge on any atom is -0.0762 e. The van der Waals surface area contributed by atoms with Gasteiger partial charge in [0.25, 0.3) is 0 Å². The van der Waals surface area contributed by atoms with Crippen LogP contribution in [0.4, 0.5) is 0 Å². The molecular weight excluding hydrogens is 767 g/mol. The maximum Gasteiger partial charge on any atom is 0.155 e. The zero-order chi connectivity index (χ0) is 11.1. The normalized spacial score (nSPS) is 15.2. The molecule has 13 heavy (non-hydrogen) atoms. The van der Waals surface area contributed by atoms with Gasteiger partial charge in [-0.05, 0) is 0 Å². The van der Waals surface area contributed by atoms with Crippen LogP contribution in [0.15, 0.2) is 0 Å². The summed E-state index contributed by atoms with van der Waals surface area (Å²) in [6, 6.07) is 0. The van der Waals surface area contributed by atoms with Crippen molar-refractivity contribution in [1.82, 2.24) is 0 Å². The Kier molecular flexibility index (Phi) is 7.96. The van der Waals surface area contributed by atoms with Crippen LogP contribution < -0.4 is 0 Å². The molecule has 0 aromatic carbocycles. The minimum absolute atomic E-state index is 0.0243. The second-order valence-corrected chi connectivity index (χ2v) is 19.8. The lowest BCUT2D eigenvalue weighted by Gasteiger charge is -2.43. The predicted molar refractivity (Wildman–Crippen MR) is 92.3 cm³/mol. The van der Waals surface area contributed by atoms with Gasteiger partial charge >= 0.3 is 0 Å². The topological polar surface area (TPSA) is 0 Å². The summed E-state index contributed by atoms with van der Waals surface area (Å²) >= 11 is 31.4. The monoisotopic (exact) mass is 759 g/mol. The molecule has 0 aromatic heterocycles. The van der Waals surface area contributed by atoms with E-state index in [2.05, 4.69) is 143 Å². The van der Waals surface area contributed by atoms with E-state index in [4.69, 9.17) is 0 Å². The highest BCUT2D eigenvalue weighted by Crippen LogP contribution is 2.65. The molecule has 0 atom stereocenters. The van der Waals surface area contributed by atoms with E-state index in [9.17, 15) is 0 Å². The third-order valence-electron chi connectivity index (χ3n) is 1.13. The Morgan fingerprint density at radius 1 is 0.615 bits per heavy atom. The molecule has 0 bridgehead atoms. The number of halogens is 9. The Hall–Kier alpha value is 4.32. The molecule has 0 aliphatic carbocycles. The fourth-order valence-corrected chi connectivity index (χ4v) is 11.0. The third-order valence-corrected chi connectivity index (χ3v) is 12.3. The molecule has 0 aliphatic heterocycles. The fraction of sp³-hybridized carbons (Fsp3) is 1.00. The summed E-state index contributed by atoms with van der Waals surface area (Å²) in [5.74, 6) is 0. The molecule has 0 fully saturated rings. The van der Waals surface area contributed by atoms with E-state index in [1.165, 1.54) is 0 Å². The molecule has 0 aromatic rings. The maximum atomic E-state index is 3.62. The fourth-order valence-electron chi connectivity index (χ4n) is 0.408. The third kappa shape index (κ3) is 4.17. The van der Waals surface area contributed by atoms with Crippen LogP contribution in [0.1, 0.15) is 0 Å². The molecule has 0 amide bonds. The van der Waals surface area contributed by atoms with Gasteiger partial charge in [-0.3, -0.25) is 0 Å². The maximum absolute atomic E-state index is 3.62. The van der Waals surface area contributed by atoms with Crippen molar-refractivity contribution in [2.24, 2.45) is 0 Å². The summed E-state index contributed by atoms with van der Waals surface area (Å²) in [6.45, 7) is 0. The SMILES string of the molecule is BrC(Br)C(Br)(C(Br)(Br)Br)C(Br)(Br)Br. The summed E-state index contributed by atoms with van der Waals surface area (Å²) in [5, 5.41) is 0. The Morgan fingerprint density at radius 3 is 0.846 bits per heavy atom. The highest BCUT2D eigenvalue weighted by Gasteiger charge is 2.60. The summed E-state index contributed by atoms with van der Waals surface area (Å²) in [7, 11) is 0. The zero-order valence-corrected chi connectivity index (χ0v) is 19.8. The number of alkyl halides is 9. The van der Waals surface area contributed by atoms with Crippen LogP contribution in [0.3, 0.4) is 0 Å². The summed E-state index contributed by atoms with van der Waals surface area (Å²) in [4.78, 5) is 0. The van der Waals surface area contributed by atoms with Crippen molar-refractivity contribution in [3.05, 3.63) is 0 Å². The lowest BCUT2D eigenvalue weighted by Crippen LogP contribution is -2.51.